The van der Waals surface area contributed by atoms with Crippen LogP contribution in [0.5, 0.6) is 0 Å². The summed E-state index contributed by atoms with van der Waals surface area (Å²) in [5, 5.41) is 5.55. The Morgan fingerprint density at radius 2 is 2.13 bits per heavy atom. The number of carbonyl (C=O) groups is 3. The van der Waals surface area contributed by atoms with Crippen LogP contribution < -0.4 is 10.6 Å². The Bertz CT molecular complexity index is 654. The van der Waals surface area contributed by atoms with E-state index in [0.717, 1.165) is 12.0 Å². The fourth-order valence-electron chi connectivity index (χ4n) is 2.60. The van der Waals surface area contributed by atoms with Crippen molar-refractivity contribution >= 4 is 29.1 Å². The average molecular weight is 315 g/mol. The summed E-state index contributed by atoms with van der Waals surface area (Å²) in [6, 6.07) is 4.92. The topological polar surface area (TPSA) is 78.5 Å². The average Bonchev–Trinajstić information content (AvgIpc) is 2.87. The van der Waals surface area contributed by atoms with E-state index in [1.54, 1.807) is 19.2 Å². The van der Waals surface area contributed by atoms with E-state index in [1.165, 1.54) is 11.0 Å². The standard InChI is InChI=1S/C17H21N3O3/c1-4-11-6-7-12(10-13(11)19-15(21)5-2)18-17(23)14-8-9-16(22)20(14)3/h5-7,10,14H,2,4,8-9H2,1,3H3,(H,18,23)(H,19,21)/t14-/m0/s1. The van der Waals surface area contributed by atoms with E-state index in [4.69, 9.17) is 0 Å². The summed E-state index contributed by atoms with van der Waals surface area (Å²) in [7, 11) is 1.63. The summed E-state index contributed by atoms with van der Waals surface area (Å²) in [4.78, 5) is 36.8. The van der Waals surface area contributed by atoms with Crippen LogP contribution in [0.2, 0.25) is 0 Å². The highest BCUT2D eigenvalue weighted by Crippen LogP contribution is 2.23. The third kappa shape index (κ3) is 3.77. The lowest BCUT2D eigenvalue weighted by molar-refractivity contribution is -0.131. The summed E-state index contributed by atoms with van der Waals surface area (Å²) < 4.78 is 0. The molecule has 0 unspecified atom stereocenters. The minimum absolute atomic E-state index is 0.0228. The highest BCUT2D eigenvalue weighted by atomic mass is 16.2. The number of anilines is 2. The van der Waals surface area contributed by atoms with Gasteiger partial charge in [0.1, 0.15) is 6.04 Å². The van der Waals surface area contributed by atoms with Crippen molar-refractivity contribution in [2.45, 2.75) is 32.2 Å². The molecule has 1 saturated heterocycles. The van der Waals surface area contributed by atoms with E-state index in [2.05, 4.69) is 17.2 Å². The van der Waals surface area contributed by atoms with Gasteiger partial charge in [0.25, 0.3) is 0 Å². The quantitative estimate of drug-likeness (QED) is 0.815. The Morgan fingerprint density at radius 1 is 1.39 bits per heavy atom. The van der Waals surface area contributed by atoms with Crippen molar-refractivity contribution in [1.82, 2.24) is 4.90 Å². The summed E-state index contributed by atoms with van der Waals surface area (Å²) >= 11 is 0. The number of hydrogen-bond donors (Lipinski definition) is 2. The summed E-state index contributed by atoms with van der Waals surface area (Å²) in [6.45, 7) is 5.41. The number of likely N-dealkylation sites (N-methyl/N-ethyl adjacent to an activating group) is 1. The third-order valence-electron chi connectivity index (χ3n) is 4.00. The van der Waals surface area contributed by atoms with Gasteiger partial charge in [0, 0.05) is 24.8 Å². The molecule has 1 aliphatic heterocycles. The number of rotatable bonds is 5. The number of nitrogens with zero attached hydrogens (tertiary/aromatic N) is 1. The van der Waals surface area contributed by atoms with Gasteiger partial charge in [-0.15, -0.1) is 0 Å². The first-order valence-corrected chi connectivity index (χ1v) is 7.59. The number of hydrogen-bond acceptors (Lipinski definition) is 3. The molecule has 6 heteroatoms. The van der Waals surface area contributed by atoms with Crippen molar-refractivity contribution in [2.24, 2.45) is 0 Å². The maximum Gasteiger partial charge on any atom is 0.247 e. The van der Waals surface area contributed by atoms with Gasteiger partial charge in [0.2, 0.25) is 17.7 Å². The molecule has 6 nitrogen and oxygen atoms in total. The van der Waals surface area contributed by atoms with Crippen LogP contribution in [0.3, 0.4) is 0 Å². The van der Waals surface area contributed by atoms with Crippen molar-refractivity contribution in [3.8, 4) is 0 Å². The second-order valence-corrected chi connectivity index (χ2v) is 5.47. The lowest BCUT2D eigenvalue weighted by atomic mass is 10.1. The molecule has 0 aliphatic carbocycles. The minimum atomic E-state index is -0.445. The Hall–Kier alpha value is -2.63. The van der Waals surface area contributed by atoms with Gasteiger partial charge in [-0.2, -0.15) is 0 Å². The van der Waals surface area contributed by atoms with Gasteiger partial charge in [-0.1, -0.05) is 19.6 Å². The molecule has 1 fully saturated rings. The first-order chi connectivity index (χ1) is 11.0. The minimum Gasteiger partial charge on any atom is -0.334 e. The molecule has 122 valence electrons. The monoisotopic (exact) mass is 315 g/mol. The summed E-state index contributed by atoms with van der Waals surface area (Å²) in [6.07, 6.45) is 2.86. The van der Waals surface area contributed by atoms with Crippen LogP contribution in [0.15, 0.2) is 30.9 Å². The smallest absolute Gasteiger partial charge is 0.247 e. The number of aryl methyl sites for hydroxylation is 1. The zero-order valence-corrected chi connectivity index (χ0v) is 13.4. The largest absolute Gasteiger partial charge is 0.334 e. The van der Waals surface area contributed by atoms with Crippen LogP contribution >= 0.6 is 0 Å². The third-order valence-corrected chi connectivity index (χ3v) is 4.00. The lowest BCUT2D eigenvalue weighted by Crippen LogP contribution is -2.38. The molecule has 2 N–H and O–H groups in total. The zero-order valence-electron chi connectivity index (χ0n) is 13.4. The van der Waals surface area contributed by atoms with E-state index < -0.39 is 6.04 Å². The highest BCUT2D eigenvalue weighted by molar-refractivity contribution is 6.01. The summed E-state index contributed by atoms with van der Waals surface area (Å²) in [5.41, 5.74) is 2.19. The fourth-order valence-corrected chi connectivity index (χ4v) is 2.60. The zero-order chi connectivity index (χ0) is 17.0. The number of nitrogens with one attached hydrogen (secondary N) is 2. The molecule has 1 aromatic rings. The van der Waals surface area contributed by atoms with Crippen LogP contribution in [-0.4, -0.2) is 35.7 Å². The van der Waals surface area contributed by atoms with Crippen LogP contribution in [0.4, 0.5) is 11.4 Å². The SMILES string of the molecule is C=CC(=O)Nc1cc(NC(=O)[C@@H]2CCC(=O)N2C)ccc1CC. The van der Waals surface area contributed by atoms with Gasteiger partial charge in [-0.05, 0) is 36.6 Å². The predicted molar refractivity (Wildman–Crippen MR) is 89.1 cm³/mol. The normalized spacial score (nSPS) is 17.0. The second-order valence-electron chi connectivity index (χ2n) is 5.47. The Kier molecular flexibility index (Phi) is 5.16. The Balaban J connectivity index is 2.15. The molecule has 23 heavy (non-hydrogen) atoms. The first-order valence-electron chi connectivity index (χ1n) is 7.59. The van der Waals surface area contributed by atoms with Gasteiger partial charge in [0.05, 0.1) is 0 Å². The van der Waals surface area contributed by atoms with Crippen molar-refractivity contribution in [3.05, 3.63) is 36.4 Å². The van der Waals surface area contributed by atoms with Crippen molar-refractivity contribution in [3.63, 3.8) is 0 Å². The van der Waals surface area contributed by atoms with Crippen LogP contribution in [0, 0.1) is 0 Å². The molecule has 1 heterocycles. The van der Waals surface area contributed by atoms with E-state index in [0.29, 0.717) is 24.2 Å². The fraction of sp³-hybridized carbons (Fsp3) is 0.353. The number of amides is 3. The van der Waals surface area contributed by atoms with Crippen LogP contribution in [0.1, 0.15) is 25.3 Å². The van der Waals surface area contributed by atoms with Gasteiger partial charge in [-0.25, -0.2) is 0 Å². The van der Waals surface area contributed by atoms with E-state index in [9.17, 15) is 14.4 Å². The number of benzene rings is 1. The van der Waals surface area contributed by atoms with Crippen molar-refractivity contribution in [1.29, 1.82) is 0 Å². The van der Waals surface area contributed by atoms with Crippen LogP contribution in [0.25, 0.3) is 0 Å². The molecule has 0 bridgehead atoms. The van der Waals surface area contributed by atoms with Gasteiger partial charge >= 0.3 is 0 Å². The first kappa shape index (κ1) is 16.7. The van der Waals surface area contributed by atoms with E-state index in [-0.39, 0.29) is 17.7 Å². The van der Waals surface area contributed by atoms with Crippen molar-refractivity contribution in [2.75, 3.05) is 17.7 Å². The van der Waals surface area contributed by atoms with Crippen molar-refractivity contribution < 1.29 is 14.4 Å². The lowest BCUT2D eigenvalue weighted by Gasteiger charge is -2.19. The molecule has 0 radical (unpaired) electrons. The molecular formula is C17H21N3O3. The molecular weight excluding hydrogens is 294 g/mol. The maximum atomic E-state index is 12.3. The number of carbonyl (C=O) groups excluding carboxylic acids is 3. The summed E-state index contributed by atoms with van der Waals surface area (Å²) in [5.74, 6) is -0.543. The van der Waals surface area contributed by atoms with Gasteiger partial charge in [0.15, 0.2) is 0 Å². The van der Waals surface area contributed by atoms with Gasteiger partial charge in [-0.3, -0.25) is 14.4 Å². The predicted octanol–water partition coefficient (Wildman–Crippen LogP) is 1.93. The molecule has 0 saturated carbocycles. The molecule has 1 aliphatic rings. The molecule has 3 amide bonds. The second kappa shape index (κ2) is 7.09. The van der Waals surface area contributed by atoms with Gasteiger partial charge < -0.3 is 15.5 Å². The van der Waals surface area contributed by atoms with E-state index >= 15 is 0 Å². The molecule has 0 spiro atoms. The molecule has 1 aromatic carbocycles. The number of likely N-dealkylation sites (tertiary alicyclic amines) is 1. The van der Waals surface area contributed by atoms with Crippen LogP contribution in [-0.2, 0) is 20.8 Å². The Morgan fingerprint density at radius 3 is 2.70 bits per heavy atom. The Labute approximate surface area is 135 Å². The maximum absolute atomic E-state index is 12.3. The molecule has 1 atom stereocenters. The molecule has 0 aromatic heterocycles. The van der Waals surface area contributed by atoms with E-state index in [1.807, 2.05) is 13.0 Å². The molecule has 2 rings (SSSR count). The highest BCUT2D eigenvalue weighted by Gasteiger charge is 2.33.